The molecule has 1 radical (unpaired) electrons. The Labute approximate surface area is 149 Å². The zero-order valence-corrected chi connectivity index (χ0v) is 15.0. The molecule has 0 aliphatic carbocycles. The van der Waals surface area contributed by atoms with Crippen LogP contribution in [0.5, 0.6) is 0 Å². The van der Waals surface area contributed by atoms with Crippen molar-refractivity contribution >= 4 is 33.3 Å². The monoisotopic (exact) mass is 346 g/mol. The van der Waals surface area contributed by atoms with Crippen LogP contribution in [0.15, 0.2) is 36.4 Å². The number of fused-ring (bicyclic) bond motifs is 1. The molecule has 0 aliphatic heterocycles. The summed E-state index contributed by atoms with van der Waals surface area (Å²) in [7, 11) is 0. The van der Waals surface area contributed by atoms with Crippen LogP contribution in [0.3, 0.4) is 0 Å². The third kappa shape index (κ3) is 3.08. The first-order valence-electron chi connectivity index (χ1n) is 7.94. The Bertz CT molecular complexity index is 1040. The van der Waals surface area contributed by atoms with Gasteiger partial charge < -0.3 is 5.32 Å². The van der Waals surface area contributed by atoms with Crippen LogP contribution in [-0.4, -0.2) is 19.9 Å². The molecular weight excluding hydrogens is 330 g/mol. The minimum atomic E-state index is 0.544. The number of thiophene rings is 1. The van der Waals surface area contributed by atoms with Crippen LogP contribution in [0.4, 0.5) is 11.8 Å². The van der Waals surface area contributed by atoms with E-state index in [-0.39, 0.29) is 0 Å². The van der Waals surface area contributed by atoms with Gasteiger partial charge >= 0.3 is 0 Å². The molecule has 0 bridgehead atoms. The van der Waals surface area contributed by atoms with Crippen LogP contribution >= 0.6 is 11.3 Å². The predicted molar refractivity (Wildman–Crippen MR) is 101 cm³/mol. The molecule has 5 nitrogen and oxygen atoms in total. The highest BCUT2D eigenvalue weighted by atomic mass is 32.1. The smallest absolute Gasteiger partial charge is 0.228 e. The quantitative estimate of drug-likeness (QED) is 0.586. The molecule has 0 amide bonds. The second kappa shape index (κ2) is 6.22. The van der Waals surface area contributed by atoms with Gasteiger partial charge in [-0.05, 0) is 32.4 Å². The van der Waals surface area contributed by atoms with Gasteiger partial charge in [-0.2, -0.15) is 0 Å². The van der Waals surface area contributed by atoms with Gasteiger partial charge in [-0.15, -0.1) is 11.3 Å². The lowest BCUT2D eigenvalue weighted by molar-refractivity contribution is 1.05. The average molecular weight is 346 g/mol. The fraction of sp³-hybridized carbons (Fsp3) is 0.158. The van der Waals surface area contributed by atoms with E-state index in [1.165, 1.54) is 11.3 Å². The van der Waals surface area contributed by atoms with Crippen LogP contribution in [0.25, 0.3) is 21.6 Å². The van der Waals surface area contributed by atoms with Crippen molar-refractivity contribution in [1.29, 1.82) is 0 Å². The Balaban J connectivity index is 1.87. The maximum atomic E-state index is 4.74. The Morgan fingerprint density at radius 1 is 0.920 bits per heavy atom. The van der Waals surface area contributed by atoms with Gasteiger partial charge in [-0.25, -0.2) is 19.9 Å². The zero-order valence-electron chi connectivity index (χ0n) is 14.2. The largest absolute Gasteiger partial charge is 0.308 e. The van der Waals surface area contributed by atoms with Crippen molar-refractivity contribution in [2.45, 2.75) is 20.8 Å². The average Bonchev–Trinajstić information content (AvgIpc) is 2.96. The molecule has 3 heterocycles. The molecule has 123 valence electrons. The molecule has 0 unspecified atom stereocenters. The molecule has 0 aliphatic rings. The standard InChI is InChI=1S/C19H16N5S/c1-11-10-25-18-15(11)17(24-19-20-12(2)9-13(3)21-19)22-16(23-18)14-7-5-4-6-8-14/h4-9H,1-3H3,(H,20,21,22,23,24). The number of aromatic nitrogens is 4. The molecule has 0 fully saturated rings. The van der Waals surface area contributed by atoms with Gasteiger partial charge in [0.15, 0.2) is 5.82 Å². The fourth-order valence-electron chi connectivity index (χ4n) is 2.72. The molecule has 0 spiro atoms. The molecule has 4 rings (SSSR count). The summed E-state index contributed by atoms with van der Waals surface area (Å²) in [6.07, 6.45) is 0. The summed E-state index contributed by atoms with van der Waals surface area (Å²) in [6.45, 7) is 5.92. The number of nitrogens with zero attached hydrogens (tertiary/aromatic N) is 4. The number of hydrogen-bond donors (Lipinski definition) is 1. The second-order valence-electron chi connectivity index (χ2n) is 5.87. The normalized spacial score (nSPS) is 11.0. The molecule has 0 saturated heterocycles. The Hall–Kier alpha value is -2.86. The first-order chi connectivity index (χ1) is 12.1. The second-order valence-corrected chi connectivity index (χ2v) is 6.67. The molecule has 3 aromatic heterocycles. The Morgan fingerprint density at radius 2 is 1.64 bits per heavy atom. The lowest BCUT2D eigenvalue weighted by Crippen LogP contribution is -2.03. The van der Waals surface area contributed by atoms with Gasteiger partial charge in [-0.1, -0.05) is 30.3 Å². The molecular formula is C19H16N5S. The summed E-state index contributed by atoms with van der Waals surface area (Å²) >= 11 is 1.50. The van der Waals surface area contributed by atoms with Crippen molar-refractivity contribution in [2.24, 2.45) is 0 Å². The molecule has 1 aromatic carbocycles. The van der Waals surface area contributed by atoms with Gasteiger partial charge in [-0.3, -0.25) is 0 Å². The van der Waals surface area contributed by atoms with E-state index in [0.29, 0.717) is 17.6 Å². The van der Waals surface area contributed by atoms with Crippen LogP contribution in [-0.2, 0) is 0 Å². The number of hydrogen-bond acceptors (Lipinski definition) is 6. The van der Waals surface area contributed by atoms with Gasteiger partial charge in [0.2, 0.25) is 5.95 Å². The van der Waals surface area contributed by atoms with E-state index in [0.717, 1.165) is 32.7 Å². The van der Waals surface area contributed by atoms with Gasteiger partial charge in [0.05, 0.1) is 10.8 Å². The van der Waals surface area contributed by atoms with E-state index in [2.05, 4.69) is 20.7 Å². The lowest BCUT2D eigenvalue weighted by Gasteiger charge is -2.09. The number of nitrogens with one attached hydrogen (secondary N) is 1. The van der Waals surface area contributed by atoms with Crippen molar-refractivity contribution in [3.63, 3.8) is 0 Å². The number of rotatable bonds is 3. The van der Waals surface area contributed by atoms with Crippen molar-refractivity contribution in [2.75, 3.05) is 5.32 Å². The van der Waals surface area contributed by atoms with Crippen molar-refractivity contribution < 1.29 is 0 Å². The molecule has 1 N–H and O–H groups in total. The maximum Gasteiger partial charge on any atom is 0.228 e. The maximum absolute atomic E-state index is 4.74. The van der Waals surface area contributed by atoms with Crippen molar-refractivity contribution in [1.82, 2.24) is 19.9 Å². The number of anilines is 2. The van der Waals surface area contributed by atoms with E-state index in [9.17, 15) is 0 Å². The minimum Gasteiger partial charge on any atom is -0.308 e. The Kier molecular flexibility index (Phi) is 3.89. The first kappa shape index (κ1) is 15.7. The van der Waals surface area contributed by atoms with E-state index in [4.69, 9.17) is 9.97 Å². The summed E-state index contributed by atoms with van der Waals surface area (Å²) in [4.78, 5) is 19.3. The summed E-state index contributed by atoms with van der Waals surface area (Å²) < 4.78 is 0. The van der Waals surface area contributed by atoms with Crippen LogP contribution in [0.1, 0.15) is 17.0 Å². The van der Waals surface area contributed by atoms with E-state index in [1.807, 2.05) is 57.2 Å². The zero-order chi connectivity index (χ0) is 17.4. The number of aryl methyl sites for hydroxylation is 3. The van der Waals surface area contributed by atoms with Crippen LogP contribution in [0, 0.1) is 26.2 Å². The van der Waals surface area contributed by atoms with Crippen LogP contribution in [0.2, 0.25) is 0 Å². The van der Waals surface area contributed by atoms with Gasteiger partial charge in [0, 0.05) is 17.0 Å². The van der Waals surface area contributed by atoms with E-state index in [1.54, 1.807) is 0 Å². The fourth-order valence-corrected chi connectivity index (χ4v) is 3.56. The van der Waals surface area contributed by atoms with Crippen molar-refractivity contribution in [3.8, 4) is 11.4 Å². The molecule has 4 aromatic rings. The summed E-state index contributed by atoms with van der Waals surface area (Å²) in [5.74, 6) is 1.93. The summed E-state index contributed by atoms with van der Waals surface area (Å²) in [5, 5.41) is 7.51. The third-order valence-corrected chi connectivity index (χ3v) is 4.69. The predicted octanol–water partition coefficient (Wildman–Crippen LogP) is 4.62. The molecule has 0 saturated carbocycles. The number of benzene rings is 1. The highest BCUT2D eigenvalue weighted by molar-refractivity contribution is 7.16. The minimum absolute atomic E-state index is 0.544. The first-order valence-corrected chi connectivity index (χ1v) is 8.75. The lowest BCUT2D eigenvalue weighted by atomic mass is 10.2. The highest BCUT2D eigenvalue weighted by Crippen LogP contribution is 2.32. The van der Waals surface area contributed by atoms with Gasteiger partial charge in [0.25, 0.3) is 0 Å². The summed E-state index contributed by atoms with van der Waals surface area (Å²) in [6, 6.07) is 11.9. The van der Waals surface area contributed by atoms with E-state index < -0.39 is 0 Å². The Morgan fingerprint density at radius 3 is 2.36 bits per heavy atom. The molecule has 0 atom stereocenters. The van der Waals surface area contributed by atoms with Gasteiger partial charge in [0.1, 0.15) is 10.6 Å². The summed E-state index contributed by atoms with van der Waals surface area (Å²) in [5.41, 5.74) is 3.82. The van der Waals surface area contributed by atoms with Crippen LogP contribution < -0.4 is 5.32 Å². The van der Waals surface area contributed by atoms with E-state index >= 15 is 0 Å². The van der Waals surface area contributed by atoms with Crippen molar-refractivity contribution in [3.05, 3.63) is 58.7 Å². The highest BCUT2D eigenvalue weighted by Gasteiger charge is 2.14. The molecule has 25 heavy (non-hydrogen) atoms. The topological polar surface area (TPSA) is 63.6 Å². The third-order valence-electron chi connectivity index (χ3n) is 3.80. The molecule has 6 heteroatoms. The SMILES string of the molecule is Cc1cc(C)nc(Nc2nc(-c3ccccc3)nc3s[c]c(C)c23)n1.